The first-order chi connectivity index (χ1) is 6.42. The van der Waals surface area contributed by atoms with Crippen LogP contribution in [0.25, 0.3) is 11.3 Å². The summed E-state index contributed by atoms with van der Waals surface area (Å²) in [7, 11) is 0. The van der Waals surface area contributed by atoms with Crippen molar-refractivity contribution in [2.75, 3.05) is 0 Å². The largest absolute Gasteiger partial charge is 0.361 e. The summed E-state index contributed by atoms with van der Waals surface area (Å²) < 4.78 is 0. The monoisotopic (exact) mass is 170 g/mol. The quantitative estimate of drug-likeness (QED) is 0.650. The molecule has 0 fully saturated rings. The third-order valence-corrected chi connectivity index (χ3v) is 2.00. The van der Waals surface area contributed by atoms with Crippen LogP contribution in [-0.2, 0) is 0 Å². The molecule has 0 amide bonds. The van der Waals surface area contributed by atoms with Crippen LogP contribution in [0.2, 0.25) is 0 Å². The molecular weight excluding hydrogens is 160 g/mol. The average Bonchev–Trinajstić information content (AvgIpc) is 2.67. The third-order valence-electron chi connectivity index (χ3n) is 2.00. The highest BCUT2D eigenvalue weighted by Gasteiger charge is 2.01. The number of nitrogens with one attached hydrogen (secondary N) is 2. The number of benzene rings is 1. The SMILES string of the molecule is N=Cc1cc[nH]c1-c1ccccc1. The maximum atomic E-state index is 7.21. The van der Waals surface area contributed by atoms with Crippen LogP contribution in [-0.4, -0.2) is 11.2 Å². The van der Waals surface area contributed by atoms with Crippen molar-refractivity contribution in [3.05, 3.63) is 48.2 Å². The molecule has 2 aromatic rings. The molecule has 0 saturated carbocycles. The number of hydrogen-bond donors (Lipinski definition) is 2. The number of hydrogen-bond acceptors (Lipinski definition) is 1. The van der Waals surface area contributed by atoms with E-state index in [1.54, 1.807) is 0 Å². The molecule has 2 heteroatoms. The van der Waals surface area contributed by atoms with Gasteiger partial charge in [-0.2, -0.15) is 0 Å². The van der Waals surface area contributed by atoms with Gasteiger partial charge in [-0.15, -0.1) is 0 Å². The van der Waals surface area contributed by atoms with Crippen LogP contribution < -0.4 is 0 Å². The Hall–Kier alpha value is -1.83. The molecule has 0 aliphatic rings. The van der Waals surface area contributed by atoms with E-state index in [2.05, 4.69) is 4.98 Å². The Kier molecular flexibility index (Phi) is 1.96. The zero-order valence-electron chi connectivity index (χ0n) is 7.12. The van der Waals surface area contributed by atoms with Gasteiger partial charge in [-0.05, 0) is 11.6 Å². The minimum atomic E-state index is 0.922. The zero-order chi connectivity index (χ0) is 9.10. The van der Waals surface area contributed by atoms with Crippen molar-refractivity contribution in [2.24, 2.45) is 0 Å². The number of aromatic amines is 1. The van der Waals surface area contributed by atoms with Crippen LogP contribution >= 0.6 is 0 Å². The predicted octanol–water partition coefficient (Wildman–Crippen LogP) is 2.68. The van der Waals surface area contributed by atoms with Gasteiger partial charge in [0, 0.05) is 18.0 Å². The summed E-state index contributed by atoms with van der Waals surface area (Å²) >= 11 is 0. The molecule has 13 heavy (non-hydrogen) atoms. The molecular formula is C11H10N2. The molecule has 0 saturated heterocycles. The second-order valence-electron chi connectivity index (χ2n) is 2.82. The van der Waals surface area contributed by atoms with E-state index in [1.807, 2.05) is 42.6 Å². The van der Waals surface area contributed by atoms with Gasteiger partial charge in [0.05, 0.1) is 5.69 Å². The lowest BCUT2D eigenvalue weighted by atomic mass is 10.1. The minimum Gasteiger partial charge on any atom is -0.361 e. The minimum absolute atomic E-state index is 0.922. The van der Waals surface area contributed by atoms with Gasteiger partial charge in [0.25, 0.3) is 0 Å². The second-order valence-corrected chi connectivity index (χ2v) is 2.82. The van der Waals surface area contributed by atoms with Crippen molar-refractivity contribution in [2.45, 2.75) is 0 Å². The molecule has 0 bridgehead atoms. The summed E-state index contributed by atoms with van der Waals surface area (Å²) in [5, 5.41) is 7.21. The normalized spacial score (nSPS) is 9.85. The van der Waals surface area contributed by atoms with E-state index in [4.69, 9.17) is 5.41 Å². The van der Waals surface area contributed by atoms with Gasteiger partial charge < -0.3 is 10.4 Å². The van der Waals surface area contributed by atoms with Crippen molar-refractivity contribution >= 4 is 6.21 Å². The summed E-state index contributed by atoms with van der Waals surface area (Å²) in [6.07, 6.45) is 3.21. The van der Waals surface area contributed by atoms with Gasteiger partial charge in [0.1, 0.15) is 0 Å². The second kappa shape index (κ2) is 3.27. The van der Waals surface area contributed by atoms with Crippen molar-refractivity contribution < 1.29 is 0 Å². The standard InChI is InChI=1S/C11H10N2/c12-8-10-6-7-13-11(10)9-4-2-1-3-5-9/h1-8,12-13H. The van der Waals surface area contributed by atoms with Crippen LogP contribution in [0.5, 0.6) is 0 Å². The van der Waals surface area contributed by atoms with Gasteiger partial charge in [0.15, 0.2) is 0 Å². The Morgan fingerprint density at radius 3 is 2.54 bits per heavy atom. The molecule has 64 valence electrons. The summed E-state index contributed by atoms with van der Waals surface area (Å²) in [4.78, 5) is 3.12. The zero-order valence-corrected chi connectivity index (χ0v) is 7.12. The van der Waals surface area contributed by atoms with Crippen molar-refractivity contribution in [1.29, 1.82) is 5.41 Å². The highest BCUT2D eigenvalue weighted by molar-refractivity contribution is 5.87. The van der Waals surface area contributed by atoms with Crippen molar-refractivity contribution in [1.82, 2.24) is 4.98 Å². The molecule has 2 N–H and O–H groups in total. The van der Waals surface area contributed by atoms with E-state index >= 15 is 0 Å². The third kappa shape index (κ3) is 1.38. The highest BCUT2D eigenvalue weighted by atomic mass is 14.7. The summed E-state index contributed by atoms with van der Waals surface area (Å²) in [6.45, 7) is 0. The summed E-state index contributed by atoms with van der Waals surface area (Å²) in [5.74, 6) is 0. The van der Waals surface area contributed by atoms with E-state index in [0.717, 1.165) is 16.8 Å². The van der Waals surface area contributed by atoms with Gasteiger partial charge in [-0.3, -0.25) is 0 Å². The first-order valence-corrected chi connectivity index (χ1v) is 4.15. The van der Waals surface area contributed by atoms with Crippen molar-refractivity contribution in [3.8, 4) is 11.3 Å². The lowest BCUT2D eigenvalue weighted by Crippen LogP contribution is -1.82. The first-order valence-electron chi connectivity index (χ1n) is 4.15. The fraction of sp³-hybridized carbons (Fsp3) is 0. The summed E-state index contributed by atoms with van der Waals surface area (Å²) in [5.41, 5.74) is 3.05. The average molecular weight is 170 g/mol. The van der Waals surface area contributed by atoms with E-state index in [0.29, 0.717) is 0 Å². The number of H-pyrrole nitrogens is 1. The first kappa shape index (κ1) is 7.80. The molecule has 1 aromatic carbocycles. The number of aromatic nitrogens is 1. The van der Waals surface area contributed by atoms with Gasteiger partial charge in [0.2, 0.25) is 0 Å². The van der Waals surface area contributed by atoms with Crippen LogP contribution in [0.1, 0.15) is 5.56 Å². The van der Waals surface area contributed by atoms with Crippen LogP contribution in [0.4, 0.5) is 0 Å². The molecule has 2 rings (SSSR count). The molecule has 0 atom stereocenters. The highest BCUT2D eigenvalue weighted by Crippen LogP contribution is 2.19. The van der Waals surface area contributed by atoms with Crippen molar-refractivity contribution in [3.63, 3.8) is 0 Å². The van der Waals surface area contributed by atoms with Gasteiger partial charge >= 0.3 is 0 Å². The van der Waals surface area contributed by atoms with E-state index < -0.39 is 0 Å². The molecule has 0 spiro atoms. The van der Waals surface area contributed by atoms with Crippen LogP contribution in [0.15, 0.2) is 42.6 Å². The number of rotatable bonds is 2. The van der Waals surface area contributed by atoms with Crippen LogP contribution in [0.3, 0.4) is 0 Å². The predicted molar refractivity (Wildman–Crippen MR) is 54.1 cm³/mol. The smallest absolute Gasteiger partial charge is 0.0542 e. The lowest BCUT2D eigenvalue weighted by molar-refractivity contribution is 1.40. The molecule has 2 nitrogen and oxygen atoms in total. The molecule has 0 aliphatic heterocycles. The van der Waals surface area contributed by atoms with Crippen LogP contribution in [0, 0.1) is 5.41 Å². The fourth-order valence-corrected chi connectivity index (χ4v) is 1.36. The molecule has 0 unspecified atom stereocenters. The van der Waals surface area contributed by atoms with E-state index in [9.17, 15) is 0 Å². The molecule has 1 heterocycles. The molecule has 0 radical (unpaired) electrons. The van der Waals surface area contributed by atoms with Gasteiger partial charge in [-0.1, -0.05) is 30.3 Å². The summed E-state index contributed by atoms with van der Waals surface area (Å²) in [6, 6.07) is 11.9. The Morgan fingerprint density at radius 2 is 1.85 bits per heavy atom. The Morgan fingerprint density at radius 1 is 1.08 bits per heavy atom. The fourth-order valence-electron chi connectivity index (χ4n) is 1.36. The Bertz CT molecular complexity index is 401. The maximum Gasteiger partial charge on any atom is 0.0542 e. The van der Waals surface area contributed by atoms with Gasteiger partial charge in [-0.25, -0.2) is 0 Å². The topological polar surface area (TPSA) is 39.6 Å². The molecule has 1 aromatic heterocycles. The lowest BCUT2D eigenvalue weighted by Gasteiger charge is -1.98. The van der Waals surface area contributed by atoms with E-state index in [1.165, 1.54) is 6.21 Å². The molecule has 0 aliphatic carbocycles. The Labute approximate surface area is 76.7 Å². The Balaban J connectivity index is 2.52. The maximum absolute atomic E-state index is 7.21. The van der Waals surface area contributed by atoms with E-state index in [-0.39, 0.29) is 0 Å².